The standard InChI is InChI=1S/C11H19BrO2/c1-9(2)10(12)5-3-4-6-11(10)13-7-8-14-11/h9H,3-8H2,1-2H3. The van der Waals surface area contributed by atoms with E-state index in [-0.39, 0.29) is 10.1 Å². The Balaban J connectivity index is 2.26. The molecule has 0 N–H and O–H groups in total. The summed E-state index contributed by atoms with van der Waals surface area (Å²) in [5, 5.41) is 0. The molecule has 82 valence electrons. The molecule has 0 aromatic rings. The number of alkyl halides is 1. The van der Waals surface area contributed by atoms with Crippen molar-refractivity contribution in [2.45, 2.75) is 49.6 Å². The van der Waals surface area contributed by atoms with Gasteiger partial charge in [0.1, 0.15) is 0 Å². The minimum Gasteiger partial charge on any atom is -0.346 e. The van der Waals surface area contributed by atoms with E-state index in [9.17, 15) is 0 Å². The van der Waals surface area contributed by atoms with Crippen molar-refractivity contribution in [3.05, 3.63) is 0 Å². The van der Waals surface area contributed by atoms with Crippen LogP contribution in [0.4, 0.5) is 0 Å². The summed E-state index contributed by atoms with van der Waals surface area (Å²) in [7, 11) is 0. The van der Waals surface area contributed by atoms with Crippen molar-refractivity contribution in [1.29, 1.82) is 0 Å². The zero-order valence-corrected chi connectivity index (χ0v) is 10.6. The fourth-order valence-electron chi connectivity index (χ4n) is 2.71. The van der Waals surface area contributed by atoms with Gasteiger partial charge in [0.2, 0.25) is 0 Å². The SMILES string of the molecule is CC(C)C1(Br)CCCCC12OCCO2. The van der Waals surface area contributed by atoms with E-state index >= 15 is 0 Å². The van der Waals surface area contributed by atoms with Gasteiger partial charge in [-0.3, -0.25) is 0 Å². The van der Waals surface area contributed by atoms with Crippen molar-refractivity contribution in [3.63, 3.8) is 0 Å². The topological polar surface area (TPSA) is 18.5 Å². The van der Waals surface area contributed by atoms with Crippen molar-refractivity contribution < 1.29 is 9.47 Å². The van der Waals surface area contributed by atoms with E-state index < -0.39 is 0 Å². The van der Waals surface area contributed by atoms with E-state index in [1.54, 1.807) is 0 Å². The maximum absolute atomic E-state index is 5.89. The predicted octanol–water partition coefficient (Wildman–Crippen LogP) is 3.09. The van der Waals surface area contributed by atoms with Crippen LogP contribution in [-0.4, -0.2) is 23.3 Å². The first kappa shape index (κ1) is 10.9. The molecule has 3 heteroatoms. The van der Waals surface area contributed by atoms with Gasteiger partial charge in [-0.2, -0.15) is 0 Å². The smallest absolute Gasteiger partial charge is 0.184 e. The molecule has 0 aromatic carbocycles. The predicted molar refractivity (Wildman–Crippen MR) is 59.6 cm³/mol. The molecule has 2 rings (SSSR count). The first-order chi connectivity index (χ1) is 6.61. The highest BCUT2D eigenvalue weighted by atomic mass is 79.9. The summed E-state index contributed by atoms with van der Waals surface area (Å²) in [5.41, 5.74) is 0. The van der Waals surface area contributed by atoms with Crippen LogP contribution in [0.15, 0.2) is 0 Å². The summed E-state index contributed by atoms with van der Waals surface area (Å²) in [5.74, 6) is 0.209. The third-order valence-electron chi connectivity index (χ3n) is 3.60. The highest BCUT2D eigenvalue weighted by molar-refractivity contribution is 9.10. The third-order valence-corrected chi connectivity index (χ3v) is 5.51. The molecular weight excluding hydrogens is 244 g/mol. The molecule has 1 spiro atoms. The van der Waals surface area contributed by atoms with Gasteiger partial charge in [-0.1, -0.05) is 36.2 Å². The molecule has 1 aliphatic heterocycles. The van der Waals surface area contributed by atoms with Crippen LogP contribution in [0.2, 0.25) is 0 Å². The van der Waals surface area contributed by atoms with E-state index in [0.717, 1.165) is 26.1 Å². The Morgan fingerprint density at radius 1 is 1.07 bits per heavy atom. The van der Waals surface area contributed by atoms with Crippen LogP contribution in [-0.2, 0) is 9.47 Å². The molecule has 2 aliphatic rings. The Labute approximate surface area is 94.5 Å². The fourth-order valence-corrected chi connectivity index (χ4v) is 3.41. The molecule has 2 nitrogen and oxygen atoms in total. The van der Waals surface area contributed by atoms with E-state index in [2.05, 4.69) is 29.8 Å². The molecule has 0 aromatic heterocycles. The van der Waals surface area contributed by atoms with Crippen LogP contribution >= 0.6 is 15.9 Å². The quantitative estimate of drug-likeness (QED) is 0.677. The van der Waals surface area contributed by atoms with Gasteiger partial charge >= 0.3 is 0 Å². The lowest BCUT2D eigenvalue weighted by Crippen LogP contribution is -2.56. The summed E-state index contributed by atoms with van der Waals surface area (Å²) in [6.07, 6.45) is 4.69. The number of hydrogen-bond acceptors (Lipinski definition) is 2. The van der Waals surface area contributed by atoms with Gasteiger partial charge in [-0.15, -0.1) is 0 Å². The Morgan fingerprint density at radius 2 is 1.64 bits per heavy atom. The molecule has 1 atom stereocenters. The molecule has 2 fully saturated rings. The van der Waals surface area contributed by atoms with Gasteiger partial charge in [-0.25, -0.2) is 0 Å². The minimum absolute atomic E-state index is 0.0226. The molecule has 0 amide bonds. The Bertz CT molecular complexity index is 205. The van der Waals surface area contributed by atoms with Crippen LogP contribution in [0.3, 0.4) is 0 Å². The number of halogens is 1. The number of rotatable bonds is 1. The van der Waals surface area contributed by atoms with E-state index in [1.807, 2.05) is 0 Å². The molecule has 1 heterocycles. The minimum atomic E-state index is -0.334. The molecule has 14 heavy (non-hydrogen) atoms. The maximum atomic E-state index is 5.89. The van der Waals surface area contributed by atoms with Gasteiger partial charge in [0.05, 0.1) is 17.5 Å². The third kappa shape index (κ3) is 1.44. The van der Waals surface area contributed by atoms with E-state index in [1.165, 1.54) is 12.8 Å². The molecular formula is C11H19BrO2. The van der Waals surface area contributed by atoms with Gasteiger partial charge in [-0.05, 0) is 18.8 Å². The van der Waals surface area contributed by atoms with Crippen molar-refractivity contribution in [3.8, 4) is 0 Å². The zero-order valence-electron chi connectivity index (χ0n) is 9.01. The van der Waals surface area contributed by atoms with Crippen molar-refractivity contribution in [1.82, 2.24) is 0 Å². The first-order valence-corrected chi connectivity index (χ1v) is 6.37. The Kier molecular flexibility index (Phi) is 2.93. The van der Waals surface area contributed by atoms with Crippen molar-refractivity contribution in [2.75, 3.05) is 13.2 Å². The number of ether oxygens (including phenoxy) is 2. The van der Waals surface area contributed by atoms with Crippen molar-refractivity contribution in [2.24, 2.45) is 5.92 Å². The van der Waals surface area contributed by atoms with Crippen LogP contribution in [0.1, 0.15) is 39.5 Å². The normalized spacial score (nSPS) is 36.9. The molecule has 1 saturated heterocycles. The average Bonchev–Trinajstić information content (AvgIpc) is 2.60. The number of hydrogen-bond donors (Lipinski definition) is 0. The lowest BCUT2D eigenvalue weighted by molar-refractivity contribution is -0.205. The summed E-state index contributed by atoms with van der Waals surface area (Å²) in [4.78, 5) is 0. The molecule has 1 saturated carbocycles. The van der Waals surface area contributed by atoms with Gasteiger partial charge < -0.3 is 9.47 Å². The van der Waals surface area contributed by atoms with Gasteiger partial charge in [0.25, 0.3) is 0 Å². The van der Waals surface area contributed by atoms with Crippen molar-refractivity contribution >= 4 is 15.9 Å². The van der Waals surface area contributed by atoms with Crippen LogP contribution < -0.4 is 0 Å². The maximum Gasteiger partial charge on any atom is 0.184 e. The second-order valence-corrected chi connectivity index (χ2v) is 6.09. The largest absolute Gasteiger partial charge is 0.346 e. The second kappa shape index (κ2) is 3.76. The fraction of sp³-hybridized carbons (Fsp3) is 1.00. The summed E-state index contributed by atoms with van der Waals surface area (Å²) < 4.78 is 11.8. The molecule has 1 aliphatic carbocycles. The monoisotopic (exact) mass is 262 g/mol. The van der Waals surface area contributed by atoms with Crippen LogP contribution in [0.25, 0.3) is 0 Å². The van der Waals surface area contributed by atoms with E-state index in [0.29, 0.717) is 5.92 Å². The lowest BCUT2D eigenvalue weighted by atomic mass is 9.76. The highest BCUT2D eigenvalue weighted by Crippen LogP contribution is 2.52. The summed E-state index contributed by atoms with van der Waals surface area (Å²) in [6.45, 7) is 5.99. The van der Waals surface area contributed by atoms with E-state index in [4.69, 9.17) is 9.47 Å². The van der Waals surface area contributed by atoms with Gasteiger partial charge in [0, 0.05) is 6.42 Å². The summed E-state index contributed by atoms with van der Waals surface area (Å²) >= 11 is 3.89. The first-order valence-electron chi connectivity index (χ1n) is 5.58. The van der Waals surface area contributed by atoms with Crippen LogP contribution in [0.5, 0.6) is 0 Å². The Morgan fingerprint density at radius 3 is 2.21 bits per heavy atom. The highest BCUT2D eigenvalue weighted by Gasteiger charge is 2.57. The second-order valence-electron chi connectivity index (χ2n) is 4.67. The molecule has 0 bridgehead atoms. The Hall–Kier alpha value is 0.400. The molecule has 0 radical (unpaired) electrons. The van der Waals surface area contributed by atoms with Crippen LogP contribution in [0, 0.1) is 5.92 Å². The van der Waals surface area contributed by atoms with Gasteiger partial charge in [0.15, 0.2) is 5.79 Å². The average molecular weight is 263 g/mol. The lowest BCUT2D eigenvalue weighted by Gasteiger charge is -2.48. The molecule has 1 unspecified atom stereocenters. The zero-order chi connectivity index (χ0) is 10.2. The summed E-state index contributed by atoms with van der Waals surface area (Å²) in [6, 6.07) is 0.